The van der Waals surface area contributed by atoms with Gasteiger partial charge in [-0.1, -0.05) is 90.5 Å². The lowest BCUT2D eigenvalue weighted by Crippen LogP contribution is -2.31. The fraction of sp³-hybridized carbons (Fsp3) is 0.185. The highest BCUT2D eigenvalue weighted by Gasteiger charge is 2.55. The summed E-state index contributed by atoms with van der Waals surface area (Å²) in [4.78, 5) is 28.7. The van der Waals surface area contributed by atoms with E-state index in [4.69, 9.17) is 0 Å². The summed E-state index contributed by atoms with van der Waals surface area (Å²) in [6, 6.07) is 27.7. The monoisotopic (exact) mass is 393 g/mol. The van der Waals surface area contributed by atoms with Crippen LogP contribution in [0.15, 0.2) is 97.1 Å². The SMILES string of the molecule is Cc1ccc(N2C(=O)[C@H]3[C@H](C2=O)[C@H](c2ccccc2)C=C[C@@H]3c2ccccc2)cc1. The summed E-state index contributed by atoms with van der Waals surface area (Å²) in [6.07, 6.45) is 4.25. The Morgan fingerprint density at radius 3 is 1.47 bits per heavy atom. The molecule has 3 aromatic carbocycles. The van der Waals surface area contributed by atoms with Crippen LogP contribution >= 0.6 is 0 Å². The molecule has 1 aliphatic heterocycles. The molecule has 30 heavy (non-hydrogen) atoms. The van der Waals surface area contributed by atoms with Crippen LogP contribution in [0.5, 0.6) is 0 Å². The van der Waals surface area contributed by atoms with Gasteiger partial charge in [-0.05, 0) is 30.2 Å². The zero-order valence-corrected chi connectivity index (χ0v) is 16.8. The fourth-order valence-corrected chi connectivity index (χ4v) is 4.88. The number of anilines is 1. The first-order valence-corrected chi connectivity index (χ1v) is 10.4. The minimum Gasteiger partial charge on any atom is -0.274 e. The smallest absolute Gasteiger partial charge is 0.238 e. The van der Waals surface area contributed by atoms with E-state index in [9.17, 15) is 9.59 Å². The van der Waals surface area contributed by atoms with Crippen LogP contribution in [0.3, 0.4) is 0 Å². The zero-order valence-electron chi connectivity index (χ0n) is 16.8. The molecule has 148 valence electrons. The second-order valence-electron chi connectivity index (χ2n) is 8.16. The van der Waals surface area contributed by atoms with Crippen molar-refractivity contribution in [1.82, 2.24) is 0 Å². The Bertz CT molecular complexity index is 1040. The molecule has 0 N–H and O–H groups in total. The van der Waals surface area contributed by atoms with Gasteiger partial charge in [-0.3, -0.25) is 9.59 Å². The van der Waals surface area contributed by atoms with Gasteiger partial charge in [0.2, 0.25) is 11.8 Å². The Morgan fingerprint density at radius 2 is 1.03 bits per heavy atom. The maximum Gasteiger partial charge on any atom is 0.238 e. The van der Waals surface area contributed by atoms with E-state index in [-0.39, 0.29) is 23.7 Å². The van der Waals surface area contributed by atoms with E-state index in [1.54, 1.807) is 0 Å². The molecule has 1 fully saturated rings. The molecule has 0 saturated carbocycles. The Balaban J connectivity index is 1.63. The highest BCUT2D eigenvalue weighted by atomic mass is 16.2. The number of rotatable bonds is 3. The van der Waals surface area contributed by atoms with Crippen molar-refractivity contribution in [2.75, 3.05) is 4.90 Å². The molecule has 1 aliphatic carbocycles. The maximum absolute atomic E-state index is 13.7. The number of hydrogen-bond acceptors (Lipinski definition) is 2. The number of allylic oxidation sites excluding steroid dienone is 2. The first kappa shape index (κ1) is 18.6. The first-order valence-electron chi connectivity index (χ1n) is 10.4. The number of fused-ring (bicyclic) bond motifs is 1. The number of hydrogen-bond donors (Lipinski definition) is 0. The summed E-state index contributed by atoms with van der Waals surface area (Å²) in [5.74, 6) is -1.24. The summed E-state index contributed by atoms with van der Waals surface area (Å²) in [5, 5.41) is 0. The topological polar surface area (TPSA) is 37.4 Å². The molecule has 5 rings (SSSR count). The summed E-state index contributed by atoms with van der Waals surface area (Å²) >= 11 is 0. The predicted octanol–water partition coefficient (Wildman–Crippen LogP) is 5.24. The second kappa shape index (κ2) is 7.42. The maximum atomic E-state index is 13.7. The van der Waals surface area contributed by atoms with Crippen molar-refractivity contribution in [3.8, 4) is 0 Å². The lowest BCUT2D eigenvalue weighted by atomic mass is 9.68. The van der Waals surface area contributed by atoms with Gasteiger partial charge in [-0.25, -0.2) is 4.90 Å². The van der Waals surface area contributed by atoms with Crippen LogP contribution in [-0.2, 0) is 9.59 Å². The Hall–Kier alpha value is -3.46. The van der Waals surface area contributed by atoms with Gasteiger partial charge in [0.25, 0.3) is 0 Å². The third-order valence-electron chi connectivity index (χ3n) is 6.36. The van der Waals surface area contributed by atoms with Gasteiger partial charge in [-0.2, -0.15) is 0 Å². The molecule has 0 unspecified atom stereocenters. The minimum absolute atomic E-state index is 0.104. The van der Waals surface area contributed by atoms with Crippen molar-refractivity contribution >= 4 is 17.5 Å². The summed E-state index contributed by atoms with van der Waals surface area (Å²) in [7, 11) is 0. The van der Waals surface area contributed by atoms with Crippen molar-refractivity contribution in [3.05, 3.63) is 114 Å². The fourth-order valence-electron chi connectivity index (χ4n) is 4.88. The van der Waals surface area contributed by atoms with Gasteiger partial charge in [0.1, 0.15) is 0 Å². The number of benzene rings is 3. The average molecular weight is 393 g/mol. The molecule has 0 radical (unpaired) electrons. The van der Waals surface area contributed by atoms with Crippen molar-refractivity contribution in [1.29, 1.82) is 0 Å². The van der Waals surface area contributed by atoms with Crippen LogP contribution < -0.4 is 4.90 Å². The average Bonchev–Trinajstić information content (AvgIpc) is 3.06. The summed E-state index contributed by atoms with van der Waals surface area (Å²) in [6.45, 7) is 2.00. The molecule has 3 heteroatoms. The van der Waals surface area contributed by atoms with Crippen LogP contribution in [0.4, 0.5) is 5.69 Å². The molecule has 4 atom stereocenters. The van der Waals surface area contributed by atoms with Crippen LogP contribution in [0.25, 0.3) is 0 Å². The molecule has 3 aromatic rings. The standard InChI is InChI=1S/C27H23NO2/c1-18-12-14-21(15-13-18)28-26(29)24-22(19-8-4-2-5-9-19)16-17-23(25(24)27(28)30)20-10-6-3-7-11-20/h2-17,22-25H,1H3/t22-,23+,24-,25-/m1/s1. The van der Waals surface area contributed by atoms with Gasteiger partial charge < -0.3 is 0 Å². The van der Waals surface area contributed by atoms with Crippen molar-refractivity contribution in [3.63, 3.8) is 0 Å². The van der Waals surface area contributed by atoms with Gasteiger partial charge in [0.15, 0.2) is 0 Å². The molecule has 3 nitrogen and oxygen atoms in total. The Morgan fingerprint density at radius 1 is 0.600 bits per heavy atom. The third-order valence-corrected chi connectivity index (χ3v) is 6.36. The molecule has 1 heterocycles. The van der Waals surface area contributed by atoms with Gasteiger partial charge in [-0.15, -0.1) is 0 Å². The number of carbonyl (C=O) groups is 2. The minimum atomic E-state index is -0.406. The third kappa shape index (κ3) is 2.98. The highest BCUT2D eigenvalue weighted by molar-refractivity contribution is 6.23. The molecule has 1 saturated heterocycles. The molecule has 0 spiro atoms. The van der Waals surface area contributed by atoms with E-state index < -0.39 is 11.8 Å². The van der Waals surface area contributed by atoms with Gasteiger partial charge >= 0.3 is 0 Å². The van der Waals surface area contributed by atoms with E-state index >= 15 is 0 Å². The Kier molecular flexibility index (Phi) is 4.59. The number of amides is 2. The Labute approximate surface area is 176 Å². The first-order chi connectivity index (χ1) is 14.6. The van der Waals surface area contributed by atoms with E-state index in [1.807, 2.05) is 91.9 Å². The van der Waals surface area contributed by atoms with E-state index in [0.717, 1.165) is 16.7 Å². The molecular formula is C27H23NO2. The number of imide groups is 1. The number of carbonyl (C=O) groups excluding carboxylic acids is 2. The van der Waals surface area contributed by atoms with Crippen LogP contribution in [0.1, 0.15) is 28.5 Å². The van der Waals surface area contributed by atoms with Crippen molar-refractivity contribution in [2.24, 2.45) is 11.8 Å². The number of aryl methyl sites for hydroxylation is 1. The summed E-state index contributed by atoms with van der Waals surface area (Å²) < 4.78 is 0. The summed E-state index contributed by atoms with van der Waals surface area (Å²) in [5.41, 5.74) is 3.90. The highest BCUT2D eigenvalue weighted by Crippen LogP contribution is 2.50. The lowest BCUT2D eigenvalue weighted by Gasteiger charge is -2.32. The van der Waals surface area contributed by atoms with Crippen LogP contribution in [-0.4, -0.2) is 11.8 Å². The van der Waals surface area contributed by atoms with E-state index in [1.165, 1.54) is 4.90 Å². The second-order valence-corrected chi connectivity index (χ2v) is 8.16. The van der Waals surface area contributed by atoms with Gasteiger partial charge in [0.05, 0.1) is 17.5 Å². The van der Waals surface area contributed by atoms with Crippen molar-refractivity contribution < 1.29 is 9.59 Å². The van der Waals surface area contributed by atoms with Crippen LogP contribution in [0.2, 0.25) is 0 Å². The van der Waals surface area contributed by atoms with Crippen molar-refractivity contribution in [2.45, 2.75) is 18.8 Å². The molecule has 0 bridgehead atoms. The quantitative estimate of drug-likeness (QED) is 0.451. The molecule has 0 aromatic heterocycles. The predicted molar refractivity (Wildman–Crippen MR) is 118 cm³/mol. The van der Waals surface area contributed by atoms with E-state index in [2.05, 4.69) is 12.2 Å². The van der Waals surface area contributed by atoms with E-state index in [0.29, 0.717) is 5.69 Å². The largest absolute Gasteiger partial charge is 0.274 e. The molecular weight excluding hydrogens is 370 g/mol. The molecule has 2 amide bonds. The molecule has 2 aliphatic rings. The van der Waals surface area contributed by atoms with Gasteiger partial charge in [0, 0.05) is 11.8 Å². The van der Waals surface area contributed by atoms with Crippen LogP contribution in [0, 0.1) is 18.8 Å². The normalized spacial score (nSPS) is 25.4. The lowest BCUT2D eigenvalue weighted by molar-refractivity contribution is -0.122. The number of nitrogens with zero attached hydrogens (tertiary/aromatic N) is 1. The zero-order chi connectivity index (χ0) is 20.7.